The molecule has 11 heteroatoms. The van der Waals surface area contributed by atoms with Crippen LogP contribution in [-0.4, -0.2) is 63.3 Å². The number of hydrogen-bond acceptors (Lipinski definition) is 8. The van der Waals surface area contributed by atoms with Crippen LogP contribution in [0.2, 0.25) is 0 Å². The van der Waals surface area contributed by atoms with E-state index in [2.05, 4.69) is 25.2 Å². The summed E-state index contributed by atoms with van der Waals surface area (Å²) in [6.45, 7) is 3.25. The Bertz CT molecular complexity index is 1850. The third-order valence-corrected chi connectivity index (χ3v) is 9.32. The third kappa shape index (κ3) is 3.88. The summed E-state index contributed by atoms with van der Waals surface area (Å²) in [6, 6.07) is 19.0. The van der Waals surface area contributed by atoms with E-state index in [1.165, 1.54) is 10.2 Å². The molecule has 3 aromatic heterocycles. The van der Waals surface area contributed by atoms with Crippen molar-refractivity contribution in [3.63, 3.8) is 0 Å². The summed E-state index contributed by atoms with van der Waals surface area (Å²) in [5, 5.41) is 4.55. The number of benzene rings is 2. The quantitative estimate of drug-likeness (QED) is 0.359. The van der Waals surface area contributed by atoms with Gasteiger partial charge < -0.3 is 15.1 Å². The maximum absolute atomic E-state index is 13.7. The van der Waals surface area contributed by atoms with Gasteiger partial charge in [0, 0.05) is 66.8 Å². The smallest absolute Gasteiger partial charge is 0.271 e. The lowest BCUT2D eigenvalue weighted by atomic mass is 10.2. The minimum atomic E-state index is -3.96. The Morgan fingerprint density at radius 2 is 1.77 bits per heavy atom. The van der Waals surface area contributed by atoms with Crippen molar-refractivity contribution in [2.24, 2.45) is 0 Å². The van der Waals surface area contributed by atoms with E-state index in [0.29, 0.717) is 22.9 Å². The van der Waals surface area contributed by atoms with Gasteiger partial charge in [-0.3, -0.25) is 9.78 Å². The maximum atomic E-state index is 13.7. The fourth-order valence-electron chi connectivity index (χ4n) is 5.77. The van der Waals surface area contributed by atoms with E-state index in [4.69, 9.17) is 0 Å². The molecule has 2 aliphatic heterocycles. The molecule has 39 heavy (non-hydrogen) atoms. The molecule has 2 saturated heterocycles. The van der Waals surface area contributed by atoms with E-state index < -0.39 is 10.0 Å². The Labute approximate surface area is 225 Å². The first-order chi connectivity index (χ1) is 18.9. The molecule has 2 unspecified atom stereocenters. The molecule has 7 rings (SSSR count). The standard InChI is InChI=1S/C28H25N7O3S/c1-18(36)33-16-24-14-23(33)17-34(24)22-9-7-21(8-10-22)31-28-30-15-20-11-13-35(27(20)32-28)39(37,38)25-6-2-4-19-5-3-12-29-26(19)25/h2-13,15,23-24H,14,16-17H2,1H3,(H,30,31,32). The highest BCUT2D eigenvalue weighted by Crippen LogP contribution is 2.35. The Morgan fingerprint density at radius 3 is 2.54 bits per heavy atom. The average Bonchev–Trinajstić information content (AvgIpc) is 3.68. The number of rotatable bonds is 5. The normalized spacial score (nSPS) is 18.8. The van der Waals surface area contributed by atoms with Gasteiger partial charge in [0.2, 0.25) is 11.9 Å². The summed E-state index contributed by atoms with van der Waals surface area (Å²) in [5.74, 6) is 0.435. The van der Waals surface area contributed by atoms with Crippen LogP contribution in [0.25, 0.3) is 21.9 Å². The van der Waals surface area contributed by atoms with E-state index in [9.17, 15) is 13.2 Å². The molecule has 5 heterocycles. The summed E-state index contributed by atoms with van der Waals surface area (Å²) in [4.78, 5) is 29.5. The summed E-state index contributed by atoms with van der Waals surface area (Å²) in [7, 11) is -3.96. The number of carbonyl (C=O) groups is 1. The molecule has 0 aliphatic carbocycles. The number of aromatic nitrogens is 4. The first-order valence-electron chi connectivity index (χ1n) is 12.7. The molecule has 1 N–H and O–H groups in total. The van der Waals surface area contributed by atoms with E-state index in [1.807, 2.05) is 41.3 Å². The van der Waals surface area contributed by atoms with E-state index >= 15 is 0 Å². The second kappa shape index (κ2) is 8.77. The van der Waals surface area contributed by atoms with Crippen LogP contribution in [0.15, 0.2) is 84.1 Å². The van der Waals surface area contributed by atoms with Crippen LogP contribution in [0.4, 0.5) is 17.3 Å². The lowest BCUT2D eigenvalue weighted by molar-refractivity contribution is -0.129. The Morgan fingerprint density at radius 1 is 0.949 bits per heavy atom. The number of carbonyl (C=O) groups excluding carboxylic acids is 1. The van der Waals surface area contributed by atoms with E-state index in [-0.39, 0.29) is 22.5 Å². The largest absolute Gasteiger partial charge is 0.365 e. The molecule has 2 atom stereocenters. The predicted molar refractivity (Wildman–Crippen MR) is 149 cm³/mol. The van der Waals surface area contributed by atoms with Crippen LogP contribution >= 0.6 is 0 Å². The topological polar surface area (TPSA) is 113 Å². The highest BCUT2D eigenvalue weighted by Gasteiger charge is 2.44. The molecule has 2 fully saturated rings. The van der Waals surface area contributed by atoms with Crippen LogP contribution in [-0.2, 0) is 14.8 Å². The minimum absolute atomic E-state index is 0.115. The molecule has 2 bridgehead atoms. The van der Waals surface area contributed by atoms with E-state index in [0.717, 1.165) is 36.3 Å². The summed E-state index contributed by atoms with van der Waals surface area (Å²) in [5.41, 5.74) is 2.58. The second-order valence-electron chi connectivity index (χ2n) is 9.96. The molecule has 0 radical (unpaired) electrons. The molecule has 0 saturated carbocycles. The number of fused-ring (bicyclic) bond motifs is 4. The molecule has 10 nitrogen and oxygen atoms in total. The number of nitrogens with zero attached hydrogens (tertiary/aromatic N) is 6. The first-order valence-corrected chi connectivity index (χ1v) is 14.2. The van der Waals surface area contributed by atoms with Gasteiger partial charge in [-0.2, -0.15) is 4.98 Å². The zero-order valence-electron chi connectivity index (χ0n) is 21.1. The van der Waals surface area contributed by atoms with E-state index in [1.54, 1.807) is 43.6 Å². The number of likely N-dealkylation sites (tertiary alicyclic amines) is 1. The van der Waals surface area contributed by atoms with Crippen molar-refractivity contribution < 1.29 is 13.2 Å². The van der Waals surface area contributed by atoms with Gasteiger partial charge in [-0.05, 0) is 48.9 Å². The van der Waals surface area contributed by atoms with Crippen LogP contribution in [0.1, 0.15) is 13.3 Å². The average molecular weight is 540 g/mol. The van der Waals surface area contributed by atoms with Crippen molar-refractivity contribution in [2.75, 3.05) is 23.3 Å². The number of piperazine rings is 1. The highest BCUT2D eigenvalue weighted by atomic mass is 32.2. The lowest BCUT2D eigenvalue weighted by Crippen LogP contribution is -2.48. The molecular formula is C28H25N7O3S. The van der Waals surface area contributed by atoms with Crippen LogP contribution in [0.3, 0.4) is 0 Å². The highest BCUT2D eigenvalue weighted by molar-refractivity contribution is 7.90. The van der Waals surface area contributed by atoms with Crippen molar-refractivity contribution in [3.05, 3.63) is 79.3 Å². The molecule has 2 aliphatic rings. The molecule has 1 amide bonds. The van der Waals surface area contributed by atoms with Gasteiger partial charge in [0.25, 0.3) is 10.0 Å². The Balaban J connectivity index is 1.15. The van der Waals surface area contributed by atoms with Crippen molar-refractivity contribution >= 4 is 55.2 Å². The van der Waals surface area contributed by atoms with Crippen molar-refractivity contribution in [1.82, 2.24) is 23.8 Å². The second-order valence-corrected chi connectivity index (χ2v) is 11.7. The SMILES string of the molecule is CC(=O)N1CC2CC1CN2c1ccc(Nc2ncc3ccn(S(=O)(=O)c4cccc5cccnc45)c3n2)cc1. The minimum Gasteiger partial charge on any atom is -0.365 e. The number of hydrogen-bond donors (Lipinski definition) is 1. The zero-order valence-corrected chi connectivity index (χ0v) is 21.9. The zero-order chi connectivity index (χ0) is 26.7. The number of amides is 1. The summed E-state index contributed by atoms with van der Waals surface area (Å²) >= 11 is 0. The van der Waals surface area contributed by atoms with Crippen LogP contribution in [0, 0.1) is 0 Å². The van der Waals surface area contributed by atoms with Gasteiger partial charge in [0.1, 0.15) is 4.90 Å². The van der Waals surface area contributed by atoms with Crippen molar-refractivity contribution in [1.29, 1.82) is 0 Å². The van der Waals surface area contributed by atoms with Gasteiger partial charge in [-0.1, -0.05) is 18.2 Å². The summed E-state index contributed by atoms with van der Waals surface area (Å²) < 4.78 is 28.5. The fourth-order valence-corrected chi connectivity index (χ4v) is 7.25. The first kappa shape index (κ1) is 23.6. The van der Waals surface area contributed by atoms with Gasteiger partial charge in [-0.25, -0.2) is 17.4 Å². The van der Waals surface area contributed by atoms with Crippen LogP contribution < -0.4 is 10.2 Å². The fraction of sp³-hybridized carbons (Fsp3) is 0.214. The molecule has 196 valence electrons. The summed E-state index contributed by atoms with van der Waals surface area (Å²) in [6.07, 6.45) is 5.69. The van der Waals surface area contributed by atoms with Crippen molar-refractivity contribution in [2.45, 2.75) is 30.3 Å². The van der Waals surface area contributed by atoms with Gasteiger partial charge in [0.05, 0.1) is 11.6 Å². The maximum Gasteiger partial charge on any atom is 0.271 e. The van der Waals surface area contributed by atoms with Crippen LogP contribution in [0.5, 0.6) is 0 Å². The Kier molecular flexibility index (Phi) is 5.31. The van der Waals surface area contributed by atoms with Crippen molar-refractivity contribution in [3.8, 4) is 0 Å². The van der Waals surface area contributed by atoms with Gasteiger partial charge >= 0.3 is 0 Å². The molecular weight excluding hydrogens is 514 g/mol. The third-order valence-electron chi connectivity index (χ3n) is 7.63. The monoisotopic (exact) mass is 539 g/mol. The number of para-hydroxylation sites is 1. The molecule has 2 aromatic carbocycles. The van der Waals surface area contributed by atoms with Gasteiger partial charge in [0.15, 0.2) is 5.65 Å². The Hall–Kier alpha value is -4.51. The predicted octanol–water partition coefficient (Wildman–Crippen LogP) is 3.77. The molecule has 5 aromatic rings. The lowest BCUT2D eigenvalue weighted by Gasteiger charge is -2.35. The van der Waals surface area contributed by atoms with Gasteiger partial charge in [-0.15, -0.1) is 0 Å². The number of pyridine rings is 1. The number of nitrogens with one attached hydrogen (secondary N) is 1. The number of anilines is 3. The molecule has 0 spiro atoms.